The zero-order valence-electron chi connectivity index (χ0n) is 22.7. The van der Waals surface area contributed by atoms with Crippen LogP contribution in [0.4, 0.5) is 5.69 Å². The Hall–Kier alpha value is -5.06. The van der Waals surface area contributed by atoms with Crippen LogP contribution in [0.1, 0.15) is 47.1 Å². The molecule has 1 amide bonds. The van der Waals surface area contributed by atoms with Gasteiger partial charge in [0.15, 0.2) is 11.5 Å². The number of furan rings is 1. The van der Waals surface area contributed by atoms with Crippen molar-refractivity contribution in [2.75, 3.05) is 13.2 Å². The molecule has 2 heterocycles. The summed E-state index contributed by atoms with van der Waals surface area (Å²) in [5.74, 6) is 0.828. The predicted molar refractivity (Wildman–Crippen MR) is 149 cm³/mol. The first kappa shape index (κ1) is 28.0. The van der Waals surface area contributed by atoms with Crippen molar-refractivity contribution in [2.24, 2.45) is 5.10 Å². The second-order valence-electron chi connectivity index (χ2n) is 8.69. The van der Waals surface area contributed by atoms with E-state index < -0.39 is 10.8 Å². The highest BCUT2D eigenvalue weighted by atomic mass is 16.6. The van der Waals surface area contributed by atoms with Gasteiger partial charge in [-0.1, -0.05) is 0 Å². The number of carbonyl (C=O) groups excluding carboxylic acids is 1. The van der Waals surface area contributed by atoms with Gasteiger partial charge < -0.3 is 23.2 Å². The summed E-state index contributed by atoms with van der Waals surface area (Å²) in [5, 5.41) is 15.4. The van der Waals surface area contributed by atoms with Crippen molar-refractivity contribution < 1.29 is 28.3 Å². The van der Waals surface area contributed by atoms with Crippen molar-refractivity contribution in [2.45, 2.75) is 34.3 Å². The first-order valence-corrected chi connectivity index (χ1v) is 12.7. The second-order valence-corrected chi connectivity index (χ2v) is 8.69. The first-order valence-electron chi connectivity index (χ1n) is 12.7. The second kappa shape index (κ2) is 12.7. The summed E-state index contributed by atoms with van der Waals surface area (Å²) < 4.78 is 24.5. The maximum absolute atomic E-state index is 12.5. The maximum atomic E-state index is 12.5. The van der Waals surface area contributed by atoms with E-state index in [-0.39, 0.29) is 42.8 Å². The Kier molecular flexibility index (Phi) is 8.85. The van der Waals surface area contributed by atoms with E-state index >= 15 is 0 Å². The molecule has 2 aromatic heterocycles. The number of nitro groups is 1. The fourth-order valence-electron chi connectivity index (χ4n) is 4.09. The lowest BCUT2D eigenvalue weighted by Gasteiger charge is -2.11. The van der Waals surface area contributed by atoms with Crippen LogP contribution in [-0.4, -0.2) is 34.8 Å². The van der Waals surface area contributed by atoms with Crippen LogP contribution in [0.25, 0.3) is 5.69 Å². The molecule has 0 radical (unpaired) electrons. The van der Waals surface area contributed by atoms with Crippen LogP contribution in [0.2, 0.25) is 0 Å². The van der Waals surface area contributed by atoms with Crippen LogP contribution in [-0.2, 0) is 6.61 Å². The van der Waals surface area contributed by atoms with Crippen molar-refractivity contribution >= 4 is 17.8 Å². The Labute approximate surface area is 231 Å². The average molecular weight is 547 g/mol. The lowest BCUT2D eigenvalue weighted by Crippen LogP contribution is -2.16. The third-order valence-electron chi connectivity index (χ3n) is 5.86. The molecule has 11 nitrogen and oxygen atoms in total. The number of aryl methyl sites for hydroxylation is 2. The van der Waals surface area contributed by atoms with E-state index in [2.05, 4.69) is 41.1 Å². The highest BCUT2D eigenvalue weighted by Gasteiger charge is 2.22. The molecule has 4 aromatic rings. The number of ether oxygens (including phenoxy) is 3. The van der Waals surface area contributed by atoms with Crippen molar-refractivity contribution in [3.8, 4) is 22.9 Å². The van der Waals surface area contributed by atoms with E-state index in [4.69, 9.17) is 18.6 Å². The molecule has 4 rings (SSSR count). The molecule has 0 unspecified atom stereocenters. The van der Waals surface area contributed by atoms with E-state index in [0.29, 0.717) is 17.1 Å². The van der Waals surface area contributed by atoms with Gasteiger partial charge in [-0.25, -0.2) is 5.43 Å². The number of aromatic nitrogens is 1. The average Bonchev–Trinajstić information content (AvgIpc) is 3.55. The number of nitrogens with one attached hydrogen (secondary N) is 1. The van der Waals surface area contributed by atoms with Crippen LogP contribution in [0.5, 0.6) is 17.2 Å². The monoisotopic (exact) mass is 546 g/mol. The van der Waals surface area contributed by atoms with E-state index in [1.807, 2.05) is 24.3 Å². The van der Waals surface area contributed by atoms with Crippen LogP contribution >= 0.6 is 0 Å². The number of hydrogen-bond donors (Lipinski definition) is 1. The zero-order chi connectivity index (χ0) is 28.6. The number of amides is 1. The summed E-state index contributed by atoms with van der Waals surface area (Å²) in [7, 11) is 0. The molecule has 0 spiro atoms. The van der Waals surface area contributed by atoms with E-state index in [1.165, 1.54) is 18.3 Å². The highest BCUT2D eigenvalue weighted by Crippen LogP contribution is 2.38. The molecule has 11 heteroatoms. The quantitative estimate of drug-likeness (QED) is 0.136. The standard InChI is InChI=1S/C29H30N4O7/c1-5-37-27-16-21(15-25(33(35)36)28(27)38-6-2)17-30-31-29(34)26-14-13-24(40-26)18-39-23-11-9-22(10-12-23)32-19(3)7-8-20(32)4/h7-17H,5-6,18H2,1-4H3,(H,31,34)/b30-17+. The molecular formula is C29H30N4O7. The number of benzene rings is 2. The number of nitrogens with zero attached hydrogens (tertiary/aromatic N) is 3. The van der Waals surface area contributed by atoms with E-state index in [1.54, 1.807) is 26.0 Å². The number of hydrogen-bond acceptors (Lipinski definition) is 8. The maximum Gasteiger partial charge on any atom is 0.315 e. The van der Waals surface area contributed by atoms with Gasteiger partial charge in [-0.15, -0.1) is 0 Å². The van der Waals surface area contributed by atoms with Gasteiger partial charge in [-0.05, 0) is 82.3 Å². The van der Waals surface area contributed by atoms with Gasteiger partial charge in [0.25, 0.3) is 0 Å². The van der Waals surface area contributed by atoms with Crippen molar-refractivity contribution in [3.63, 3.8) is 0 Å². The number of nitro benzene ring substituents is 1. The molecule has 0 aliphatic carbocycles. The molecule has 0 aliphatic heterocycles. The third-order valence-corrected chi connectivity index (χ3v) is 5.86. The van der Waals surface area contributed by atoms with Gasteiger partial charge in [0.05, 0.1) is 24.4 Å². The van der Waals surface area contributed by atoms with Gasteiger partial charge in [0.2, 0.25) is 5.75 Å². The topological polar surface area (TPSA) is 130 Å². The fraction of sp³-hybridized carbons (Fsp3) is 0.241. The fourth-order valence-corrected chi connectivity index (χ4v) is 4.09. The van der Waals surface area contributed by atoms with Crippen LogP contribution < -0.4 is 19.6 Å². The summed E-state index contributed by atoms with van der Waals surface area (Å²) in [4.78, 5) is 23.5. The van der Waals surface area contributed by atoms with Gasteiger partial charge in [-0.2, -0.15) is 5.10 Å². The minimum atomic E-state index is -0.588. The summed E-state index contributed by atoms with van der Waals surface area (Å²) in [5.41, 5.74) is 5.77. The number of rotatable bonds is 12. The number of hydrazone groups is 1. The van der Waals surface area contributed by atoms with Crippen LogP contribution in [0.15, 0.2) is 70.2 Å². The Morgan fingerprint density at radius 2 is 1.70 bits per heavy atom. The van der Waals surface area contributed by atoms with E-state index in [0.717, 1.165) is 17.1 Å². The molecule has 0 atom stereocenters. The lowest BCUT2D eigenvalue weighted by molar-refractivity contribution is -0.385. The zero-order valence-corrected chi connectivity index (χ0v) is 22.7. The minimum Gasteiger partial charge on any atom is -0.490 e. The predicted octanol–water partition coefficient (Wildman–Crippen LogP) is 5.74. The molecule has 1 N–H and O–H groups in total. The van der Waals surface area contributed by atoms with Gasteiger partial charge >= 0.3 is 11.6 Å². The molecule has 0 fully saturated rings. The summed E-state index contributed by atoms with van der Waals surface area (Å²) in [6.07, 6.45) is 1.27. The highest BCUT2D eigenvalue weighted by molar-refractivity contribution is 5.92. The molecule has 0 aliphatic rings. The Morgan fingerprint density at radius 1 is 1.00 bits per heavy atom. The first-order chi connectivity index (χ1) is 19.3. The lowest BCUT2D eigenvalue weighted by atomic mass is 10.2. The normalized spacial score (nSPS) is 11.0. The molecule has 40 heavy (non-hydrogen) atoms. The van der Waals surface area contributed by atoms with Crippen LogP contribution in [0, 0.1) is 24.0 Å². The summed E-state index contributed by atoms with van der Waals surface area (Å²) in [6, 6.07) is 17.8. The Balaban J connectivity index is 1.36. The smallest absolute Gasteiger partial charge is 0.315 e. The Morgan fingerprint density at radius 3 is 2.35 bits per heavy atom. The van der Waals surface area contributed by atoms with Crippen LogP contribution in [0.3, 0.4) is 0 Å². The van der Waals surface area contributed by atoms with E-state index in [9.17, 15) is 14.9 Å². The molecule has 0 bridgehead atoms. The molecule has 2 aromatic carbocycles. The minimum absolute atomic E-state index is 0.0392. The van der Waals surface area contributed by atoms with Gasteiger partial charge in [-0.3, -0.25) is 14.9 Å². The summed E-state index contributed by atoms with van der Waals surface area (Å²) >= 11 is 0. The number of carbonyl (C=O) groups is 1. The summed E-state index contributed by atoms with van der Waals surface area (Å²) in [6.45, 7) is 8.25. The van der Waals surface area contributed by atoms with Crippen molar-refractivity contribution in [1.82, 2.24) is 9.99 Å². The third kappa shape index (κ3) is 6.49. The molecule has 0 saturated carbocycles. The van der Waals surface area contributed by atoms with Gasteiger partial charge in [0.1, 0.15) is 18.1 Å². The molecular weight excluding hydrogens is 516 g/mol. The van der Waals surface area contributed by atoms with Crippen molar-refractivity contribution in [3.05, 3.63) is 99.2 Å². The Bertz CT molecular complexity index is 1500. The molecule has 0 saturated heterocycles. The SMILES string of the molecule is CCOc1cc(/C=N/NC(=O)c2ccc(COc3ccc(-n4c(C)ccc4C)cc3)o2)cc([N+](=O)[O-])c1OCC. The largest absolute Gasteiger partial charge is 0.490 e. The van der Waals surface area contributed by atoms with Crippen molar-refractivity contribution in [1.29, 1.82) is 0 Å². The molecule has 208 valence electrons. The van der Waals surface area contributed by atoms with Gasteiger partial charge in [0, 0.05) is 28.7 Å².